The molecule has 7 nitrogen and oxygen atoms in total. The minimum Gasteiger partial charge on any atom is -0.446 e. The number of nitrogens with zero attached hydrogens (tertiary/aromatic N) is 2. The number of benzene rings is 1. The number of carbonyl (C=O) groups excluding carboxylic acids is 1. The summed E-state index contributed by atoms with van der Waals surface area (Å²) in [6, 6.07) is 8.58. The summed E-state index contributed by atoms with van der Waals surface area (Å²) in [6.45, 7) is 2.00. The Labute approximate surface area is 201 Å². The molecule has 0 aliphatic heterocycles. The molecule has 5 rings (SSSR count). The topological polar surface area (TPSA) is 106 Å². The summed E-state index contributed by atoms with van der Waals surface area (Å²) < 4.78 is 5.18. The van der Waals surface area contributed by atoms with E-state index in [0.29, 0.717) is 11.2 Å². The molecule has 0 bridgehead atoms. The third-order valence-electron chi connectivity index (χ3n) is 6.40. The van der Waals surface area contributed by atoms with Crippen LogP contribution in [0, 0.1) is 6.92 Å². The van der Waals surface area contributed by atoms with Crippen molar-refractivity contribution in [3.8, 4) is 10.4 Å². The second-order valence-electron chi connectivity index (χ2n) is 8.92. The van der Waals surface area contributed by atoms with Gasteiger partial charge in [-0.05, 0) is 57.6 Å². The summed E-state index contributed by atoms with van der Waals surface area (Å²) >= 11 is 3.78. The average molecular weight is 484 g/mol. The van der Waals surface area contributed by atoms with E-state index < -0.39 is 6.09 Å². The summed E-state index contributed by atoms with van der Waals surface area (Å²) in [4.78, 5) is 18.3. The Morgan fingerprint density at radius 1 is 1.21 bits per heavy atom. The number of nitrogens with two attached hydrogens (primary N) is 1. The molecule has 1 amide bonds. The predicted molar refractivity (Wildman–Crippen MR) is 133 cm³/mol. The van der Waals surface area contributed by atoms with Gasteiger partial charge < -0.3 is 15.8 Å². The van der Waals surface area contributed by atoms with E-state index in [1.807, 2.05) is 30.9 Å². The Morgan fingerprint density at radius 2 is 2.03 bits per heavy atom. The Hall–Kier alpha value is -2.52. The molecule has 0 atom stereocenters. The van der Waals surface area contributed by atoms with Crippen LogP contribution in [0.4, 0.5) is 16.3 Å². The van der Waals surface area contributed by atoms with Gasteiger partial charge >= 0.3 is 6.09 Å². The zero-order chi connectivity index (χ0) is 22.8. The number of rotatable bonds is 7. The number of ether oxygens (including phenoxy) is 1. The number of hydrogen-bond acceptors (Lipinski definition) is 7. The molecule has 0 unspecified atom stereocenters. The standard InChI is InChI=1S/C24H29N5O2S2/c1-14-11-22(29-28-14)27-16-7-10-19(20(12-16)32-18-3-2-4-18)21-13-26-23(33-21)15-5-8-17(9-6-15)31-24(25)30/h7,10-13,15,17-18H,2-6,8-9H2,1H3,(H2,25,30)(H2,27,28,29). The lowest BCUT2D eigenvalue weighted by Crippen LogP contribution is -2.26. The number of thioether (sulfide) groups is 1. The van der Waals surface area contributed by atoms with Crippen LogP contribution in [0.25, 0.3) is 10.4 Å². The van der Waals surface area contributed by atoms with Gasteiger partial charge in [0.1, 0.15) is 6.10 Å². The Kier molecular flexibility index (Phi) is 6.59. The first-order valence-electron chi connectivity index (χ1n) is 11.6. The van der Waals surface area contributed by atoms with E-state index in [-0.39, 0.29) is 6.10 Å². The Balaban J connectivity index is 1.33. The summed E-state index contributed by atoms with van der Waals surface area (Å²) in [5.41, 5.74) is 8.50. The number of carbonyl (C=O) groups is 1. The van der Waals surface area contributed by atoms with E-state index >= 15 is 0 Å². The van der Waals surface area contributed by atoms with E-state index in [2.05, 4.69) is 33.7 Å². The first-order chi connectivity index (χ1) is 16.0. The monoisotopic (exact) mass is 483 g/mol. The molecule has 2 heterocycles. The van der Waals surface area contributed by atoms with Crippen LogP contribution in [0.1, 0.15) is 61.6 Å². The number of H-pyrrole nitrogens is 1. The molecule has 33 heavy (non-hydrogen) atoms. The molecule has 0 saturated heterocycles. The van der Waals surface area contributed by atoms with Crippen molar-refractivity contribution in [2.75, 3.05) is 5.32 Å². The average Bonchev–Trinajstić information content (AvgIpc) is 3.40. The highest BCUT2D eigenvalue weighted by molar-refractivity contribution is 8.00. The predicted octanol–water partition coefficient (Wildman–Crippen LogP) is 6.35. The van der Waals surface area contributed by atoms with Gasteiger partial charge in [-0.15, -0.1) is 23.1 Å². The van der Waals surface area contributed by atoms with Gasteiger partial charge in [-0.2, -0.15) is 5.10 Å². The summed E-state index contributed by atoms with van der Waals surface area (Å²) in [5, 5.41) is 12.6. The Bertz CT molecular complexity index is 1120. The van der Waals surface area contributed by atoms with E-state index in [4.69, 9.17) is 15.5 Å². The number of hydrogen-bond donors (Lipinski definition) is 3. The molecule has 2 aromatic heterocycles. The molecule has 9 heteroatoms. The van der Waals surface area contributed by atoms with Gasteiger partial charge in [0.25, 0.3) is 0 Å². The van der Waals surface area contributed by atoms with Crippen molar-refractivity contribution in [3.05, 3.63) is 41.2 Å². The summed E-state index contributed by atoms with van der Waals surface area (Å²) in [7, 11) is 0. The fraction of sp³-hybridized carbons (Fsp3) is 0.458. The van der Waals surface area contributed by atoms with Crippen LogP contribution in [-0.4, -0.2) is 32.6 Å². The van der Waals surface area contributed by atoms with Gasteiger partial charge in [0.05, 0.1) is 9.88 Å². The highest BCUT2D eigenvalue weighted by atomic mass is 32.2. The van der Waals surface area contributed by atoms with E-state index in [1.54, 1.807) is 11.3 Å². The first kappa shape index (κ1) is 22.3. The molecule has 2 aliphatic rings. The lowest BCUT2D eigenvalue weighted by Gasteiger charge is -2.26. The molecule has 4 N–H and O–H groups in total. The molecular formula is C24H29N5O2S2. The number of aryl methyl sites for hydroxylation is 1. The lowest BCUT2D eigenvalue weighted by atomic mass is 9.88. The third kappa shape index (κ3) is 5.35. The van der Waals surface area contributed by atoms with Crippen molar-refractivity contribution in [1.29, 1.82) is 0 Å². The highest BCUT2D eigenvalue weighted by Crippen LogP contribution is 2.45. The SMILES string of the molecule is Cc1cc(Nc2ccc(-c3cnc(C4CCC(OC(N)=O)CC4)s3)c(SC3CCC3)c2)n[nH]1. The molecule has 2 saturated carbocycles. The number of amides is 1. The molecule has 2 fully saturated rings. The van der Waals surface area contributed by atoms with Crippen molar-refractivity contribution < 1.29 is 9.53 Å². The van der Waals surface area contributed by atoms with Crippen molar-refractivity contribution >= 4 is 40.7 Å². The number of thiazole rings is 1. The van der Waals surface area contributed by atoms with E-state index in [9.17, 15) is 4.79 Å². The maximum Gasteiger partial charge on any atom is 0.404 e. The Morgan fingerprint density at radius 3 is 2.70 bits per heavy atom. The molecule has 0 radical (unpaired) electrons. The second-order valence-corrected chi connectivity index (χ2v) is 11.3. The zero-order valence-electron chi connectivity index (χ0n) is 18.7. The molecule has 1 aromatic carbocycles. The second kappa shape index (κ2) is 9.77. The van der Waals surface area contributed by atoms with Crippen molar-refractivity contribution in [2.45, 2.75) is 74.0 Å². The van der Waals surface area contributed by atoms with Crippen LogP contribution >= 0.6 is 23.1 Å². The zero-order valence-corrected chi connectivity index (χ0v) is 20.3. The quantitative estimate of drug-likeness (QED) is 0.361. The van der Waals surface area contributed by atoms with Gasteiger partial charge in [-0.3, -0.25) is 5.10 Å². The molecule has 0 spiro atoms. The summed E-state index contributed by atoms with van der Waals surface area (Å²) in [6.07, 6.45) is 8.82. The number of primary amides is 1. The maximum atomic E-state index is 11.0. The smallest absolute Gasteiger partial charge is 0.404 e. The number of aromatic nitrogens is 3. The number of anilines is 2. The maximum absolute atomic E-state index is 11.0. The van der Waals surface area contributed by atoms with Gasteiger partial charge in [-0.1, -0.05) is 12.5 Å². The van der Waals surface area contributed by atoms with Crippen LogP contribution in [0.15, 0.2) is 35.4 Å². The van der Waals surface area contributed by atoms with Crippen molar-refractivity contribution in [1.82, 2.24) is 15.2 Å². The highest BCUT2D eigenvalue weighted by Gasteiger charge is 2.27. The number of aromatic amines is 1. The van der Waals surface area contributed by atoms with Crippen LogP contribution < -0.4 is 11.1 Å². The normalized spacial score (nSPS) is 20.9. The first-order valence-corrected chi connectivity index (χ1v) is 13.2. The van der Waals surface area contributed by atoms with Crippen LogP contribution in [-0.2, 0) is 4.74 Å². The van der Waals surface area contributed by atoms with E-state index in [0.717, 1.165) is 42.9 Å². The van der Waals surface area contributed by atoms with Crippen molar-refractivity contribution in [3.63, 3.8) is 0 Å². The number of nitrogens with one attached hydrogen (secondary N) is 2. The lowest BCUT2D eigenvalue weighted by molar-refractivity contribution is 0.0787. The van der Waals surface area contributed by atoms with Crippen LogP contribution in [0.5, 0.6) is 0 Å². The summed E-state index contributed by atoms with van der Waals surface area (Å²) in [5.74, 6) is 1.25. The minimum absolute atomic E-state index is 0.0537. The largest absolute Gasteiger partial charge is 0.446 e. The van der Waals surface area contributed by atoms with Gasteiger partial charge in [0, 0.05) is 45.3 Å². The van der Waals surface area contributed by atoms with E-state index in [1.165, 1.54) is 39.6 Å². The fourth-order valence-electron chi connectivity index (χ4n) is 4.39. The molecule has 174 valence electrons. The minimum atomic E-state index is -0.674. The van der Waals surface area contributed by atoms with Crippen molar-refractivity contribution in [2.24, 2.45) is 5.73 Å². The van der Waals surface area contributed by atoms with Gasteiger partial charge in [-0.25, -0.2) is 9.78 Å². The molecular weight excluding hydrogens is 454 g/mol. The fourth-order valence-corrected chi connectivity index (χ4v) is 7.01. The van der Waals surface area contributed by atoms with Gasteiger partial charge in [0.2, 0.25) is 0 Å². The van der Waals surface area contributed by atoms with Gasteiger partial charge in [0.15, 0.2) is 5.82 Å². The molecule has 3 aromatic rings. The van der Waals surface area contributed by atoms with Crippen LogP contribution in [0.3, 0.4) is 0 Å². The third-order valence-corrected chi connectivity index (χ3v) is 8.99. The van der Waals surface area contributed by atoms with Crippen LogP contribution in [0.2, 0.25) is 0 Å². The molecule has 2 aliphatic carbocycles.